The van der Waals surface area contributed by atoms with E-state index in [1.165, 1.54) is 45.2 Å². The summed E-state index contributed by atoms with van der Waals surface area (Å²) >= 11 is 0. The second kappa shape index (κ2) is 5.27. The van der Waals surface area contributed by atoms with Crippen molar-refractivity contribution < 1.29 is 0 Å². The van der Waals surface area contributed by atoms with Gasteiger partial charge in [0.1, 0.15) is 0 Å². The van der Waals surface area contributed by atoms with E-state index in [4.69, 9.17) is 0 Å². The summed E-state index contributed by atoms with van der Waals surface area (Å²) in [5.41, 5.74) is 0.389. The molecule has 1 heterocycles. The van der Waals surface area contributed by atoms with E-state index in [2.05, 4.69) is 38.0 Å². The number of hydrogen-bond acceptors (Lipinski definition) is 2. The first-order valence-electron chi connectivity index (χ1n) is 7.47. The van der Waals surface area contributed by atoms with Gasteiger partial charge in [-0.15, -0.1) is 0 Å². The van der Waals surface area contributed by atoms with Gasteiger partial charge in [-0.1, -0.05) is 20.3 Å². The fraction of sp³-hybridized carbons (Fsp3) is 1.00. The Hall–Kier alpha value is -0.0800. The highest BCUT2D eigenvalue weighted by Gasteiger charge is 2.35. The number of rotatable bonds is 2. The molecule has 0 spiro atoms. The highest BCUT2D eigenvalue weighted by Crippen LogP contribution is 2.34. The van der Waals surface area contributed by atoms with Crippen molar-refractivity contribution >= 4 is 0 Å². The summed E-state index contributed by atoms with van der Waals surface area (Å²) in [6.07, 6.45) is 6.92. The molecule has 0 amide bonds. The van der Waals surface area contributed by atoms with Crippen molar-refractivity contribution in [2.45, 2.75) is 64.5 Å². The molecule has 0 aromatic rings. The molecule has 0 bridgehead atoms. The number of nitrogens with one attached hydrogen (secondary N) is 1. The van der Waals surface area contributed by atoms with Crippen molar-refractivity contribution in [1.82, 2.24) is 10.2 Å². The van der Waals surface area contributed by atoms with Gasteiger partial charge in [-0.3, -0.25) is 4.90 Å². The van der Waals surface area contributed by atoms with Crippen LogP contribution in [-0.4, -0.2) is 36.6 Å². The minimum atomic E-state index is 0.389. The third-order valence-electron chi connectivity index (χ3n) is 5.39. The Labute approximate surface area is 107 Å². The molecule has 1 N–H and O–H groups in total. The van der Waals surface area contributed by atoms with Gasteiger partial charge in [0, 0.05) is 24.7 Å². The molecule has 1 saturated heterocycles. The maximum atomic E-state index is 3.50. The van der Waals surface area contributed by atoms with Crippen LogP contribution in [0.2, 0.25) is 0 Å². The van der Waals surface area contributed by atoms with Crippen molar-refractivity contribution in [3.05, 3.63) is 0 Å². The average molecular weight is 238 g/mol. The lowest BCUT2D eigenvalue weighted by Crippen LogP contribution is -2.54. The topological polar surface area (TPSA) is 15.3 Å². The summed E-state index contributed by atoms with van der Waals surface area (Å²) in [7, 11) is 2.11. The predicted molar refractivity (Wildman–Crippen MR) is 74.2 cm³/mol. The quantitative estimate of drug-likeness (QED) is 0.796. The standard InChI is InChI=1S/C15H30N2/c1-12-5-6-13(2)14(11-12)17-9-7-15(3,16-4)8-10-17/h12-14,16H,5-11H2,1-4H3. The van der Waals surface area contributed by atoms with Gasteiger partial charge in [0.2, 0.25) is 0 Å². The Morgan fingerprint density at radius 1 is 1.12 bits per heavy atom. The summed E-state index contributed by atoms with van der Waals surface area (Å²) in [6, 6.07) is 0.861. The minimum Gasteiger partial charge on any atom is -0.314 e. The maximum absolute atomic E-state index is 3.50. The lowest BCUT2D eigenvalue weighted by Gasteiger charge is -2.46. The highest BCUT2D eigenvalue weighted by molar-refractivity contribution is 4.92. The molecule has 0 radical (unpaired) electrons. The van der Waals surface area contributed by atoms with E-state index >= 15 is 0 Å². The minimum absolute atomic E-state index is 0.389. The Balaban J connectivity index is 1.91. The van der Waals surface area contributed by atoms with Crippen molar-refractivity contribution in [1.29, 1.82) is 0 Å². The van der Waals surface area contributed by atoms with Crippen LogP contribution in [0, 0.1) is 11.8 Å². The Morgan fingerprint density at radius 2 is 1.76 bits per heavy atom. The number of piperidine rings is 1. The van der Waals surface area contributed by atoms with Crippen LogP contribution in [0.5, 0.6) is 0 Å². The molecule has 3 unspecified atom stereocenters. The first kappa shape index (κ1) is 13.4. The van der Waals surface area contributed by atoms with E-state index in [9.17, 15) is 0 Å². The maximum Gasteiger partial charge on any atom is 0.0174 e. The molecule has 1 aliphatic heterocycles. The normalized spacial score (nSPS) is 39.2. The van der Waals surface area contributed by atoms with E-state index in [-0.39, 0.29) is 0 Å². The second-order valence-corrected chi connectivity index (χ2v) is 6.81. The third kappa shape index (κ3) is 3.03. The van der Waals surface area contributed by atoms with E-state index < -0.39 is 0 Å². The lowest BCUT2D eigenvalue weighted by molar-refractivity contribution is 0.0490. The largest absolute Gasteiger partial charge is 0.314 e. The Bertz CT molecular complexity index is 243. The molecule has 1 saturated carbocycles. The van der Waals surface area contributed by atoms with Gasteiger partial charge in [0.15, 0.2) is 0 Å². The zero-order chi connectivity index (χ0) is 12.5. The Kier molecular flexibility index (Phi) is 4.14. The zero-order valence-electron chi connectivity index (χ0n) is 12.1. The molecule has 0 aromatic carbocycles. The molecule has 3 atom stereocenters. The van der Waals surface area contributed by atoms with E-state index in [0.29, 0.717) is 5.54 Å². The first-order chi connectivity index (χ1) is 8.04. The summed E-state index contributed by atoms with van der Waals surface area (Å²) < 4.78 is 0. The fourth-order valence-electron chi connectivity index (χ4n) is 3.61. The van der Waals surface area contributed by atoms with Gasteiger partial charge in [-0.25, -0.2) is 0 Å². The monoisotopic (exact) mass is 238 g/mol. The molecule has 1 aliphatic carbocycles. The highest BCUT2D eigenvalue weighted by atomic mass is 15.2. The molecule has 2 fully saturated rings. The predicted octanol–water partition coefficient (Wildman–Crippen LogP) is 2.89. The van der Waals surface area contributed by atoms with Gasteiger partial charge in [-0.05, 0) is 51.5 Å². The van der Waals surface area contributed by atoms with Crippen LogP contribution in [0.25, 0.3) is 0 Å². The van der Waals surface area contributed by atoms with Crippen LogP contribution in [0.15, 0.2) is 0 Å². The smallest absolute Gasteiger partial charge is 0.0174 e. The van der Waals surface area contributed by atoms with Crippen LogP contribution in [0.3, 0.4) is 0 Å². The number of hydrogen-bond donors (Lipinski definition) is 1. The van der Waals surface area contributed by atoms with Crippen LogP contribution < -0.4 is 5.32 Å². The summed E-state index contributed by atoms with van der Waals surface area (Å²) in [4.78, 5) is 2.78. The molecule has 2 heteroatoms. The number of nitrogens with zero attached hydrogens (tertiary/aromatic N) is 1. The first-order valence-corrected chi connectivity index (χ1v) is 7.47. The van der Waals surface area contributed by atoms with Crippen LogP contribution >= 0.6 is 0 Å². The molecular weight excluding hydrogens is 208 g/mol. The van der Waals surface area contributed by atoms with E-state index in [1.807, 2.05) is 0 Å². The lowest BCUT2D eigenvalue weighted by atomic mass is 9.78. The van der Waals surface area contributed by atoms with Crippen LogP contribution in [-0.2, 0) is 0 Å². The molecule has 100 valence electrons. The molecule has 2 rings (SSSR count). The van der Waals surface area contributed by atoms with Gasteiger partial charge in [-0.2, -0.15) is 0 Å². The fourth-order valence-corrected chi connectivity index (χ4v) is 3.61. The van der Waals surface area contributed by atoms with E-state index in [0.717, 1.165) is 17.9 Å². The van der Waals surface area contributed by atoms with E-state index in [1.54, 1.807) is 0 Å². The van der Waals surface area contributed by atoms with Crippen molar-refractivity contribution in [3.8, 4) is 0 Å². The molecule has 17 heavy (non-hydrogen) atoms. The SMILES string of the molecule is CNC1(C)CCN(C2CC(C)CCC2C)CC1. The van der Waals surface area contributed by atoms with Crippen molar-refractivity contribution in [3.63, 3.8) is 0 Å². The summed E-state index contributed by atoms with van der Waals surface area (Å²) in [5.74, 6) is 1.85. The van der Waals surface area contributed by atoms with Crippen LogP contribution in [0.4, 0.5) is 0 Å². The van der Waals surface area contributed by atoms with Crippen LogP contribution in [0.1, 0.15) is 52.9 Å². The summed E-state index contributed by atoms with van der Waals surface area (Å²) in [6.45, 7) is 9.85. The van der Waals surface area contributed by atoms with Gasteiger partial charge < -0.3 is 5.32 Å². The molecular formula is C15H30N2. The number of likely N-dealkylation sites (tertiary alicyclic amines) is 1. The summed E-state index contributed by atoms with van der Waals surface area (Å²) in [5, 5.41) is 3.50. The van der Waals surface area contributed by atoms with Gasteiger partial charge >= 0.3 is 0 Å². The third-order valence-corrected chi connectivity index (χ3v) is 5.39. The Morgan fingerprint density at radius 3 is 2.35 bits per heavy atom. The van der Waals surface area contributed by atoms with Crippen molar-refractivity contribution in [2.75, 3.05) is 20.1 Å². The van der Waals surface area contributed by atoms with Crippen molar-refractivity contribution in [2.24, 2.45) is 11.8 Å². The molecule has 2 nitrogen and oxygen atoms in total. The molecule has 2 aliphatic rings. The molecule has 0 aromatic heterocycles. The average Bonchev–Trinajstić information content (AvgIpc) is 2.34. The zero-order valence-corrected chi connectivity index (χ0v) is 12.1. The van der Waals surface area contributed by atoms with Gasteiger partial charge in [0.25, 0.3) is 0 Å². The van der Waals surface area contributed by atoms with Gasteiger partial charge in [0.05, 0.1) is 0 Å². The second-order valence-electron chi connectivity index (χ2n) is 6.81.